The number of rotatable bonds is 7. The number of fused-ring (bicyclic) bond motifs is 1. The van der Waals surface area contributed by atoms with Crippen LogP contribution in [0.3, 0.4) is 0 Å². The molecule has 4 rings (SSSR count). The second-order valence-electron chi connectivity index (χ2n) is 8.36. The fourth-order valence-corrected chi connectivity index (χ4v) is 4.00. The summed E-state index contributed by atoms with van der Waals surface area (Å²) in [5.41, 5.74) is 1.50. The van der Waals surface area contributed by atoms with E-state index in [2.05, 4.69) is 10.4 Å². The van der Waals surface area contributed by atoms with Crippen LogP contribution in [0, 0.1) is 0 Å². The van der Waals surface area contributed by atoms with E-state index in [-0.39, 0.29) is 30.4 Å². The van der Waals surface area contributed by atoms with E-state index in [1.165, 1.54) is 11.8 Å². The van der Waals surface area contributed by atoms with Crippen molar-refractivity contribution < 1.29 is 27.8 Å². The van der Waals surface area contributed by atoms with Gasteiger partial charge in [-0.05, 0) is 54.4 Å². The molecule has 0 aliphatic heterocycles. The maximum absolute atomic E-state index is 13.3. The minimum absolute atomic E-state index is 0.0830. The van der Waals surface area contributed by atoms with Crippen molar-refractivity contribution in [3.05, 3.63) is 77.2 Å². The zero-order valence-corrected chi connectivity index (χ0v) is 19.4. The Morgan fingerprint density at radius 2 is 1.89 bits per heavy atom. The molecule has 1 amide bonds. The number of nitrogens with zero attached hydrogens (tertiary/aromatic N) is 3. The lowest BCUT2D eigenvalue weighted by Crippen LogP contribution is -2.28. The Balaban J connectivity index is 1.54. The monoisotopic (exact) mass is 486 g/mol. The Bertz CT molecular complexity index is 1360. The Kier molecular flexibility index (Phi) is 6.47. The van der Waals surface area contributed by atoms with E-state index in [4.69, 9.17) is 4.74 Å². The Morgan fingerprint density at radius 1 is 1.17 bits per heavy atom. The molecule has 0 aliphatic carbocycles. The number of methoxy groups -OCH3 is 1. The highest BCUT2D eigenvalue weighted by Gasteiger charge is 2.35. The molecule has 4 aromatic rings. The number of phenolic OH excluding ortho intramolecular Hbond substituents is 1. The van der Waals surface area contributed by atoms with Crippen LogP contribution in [0.4, 0.5) is 13.2 Å². The predicted molar refractivity (Wildman–Crippen MR) is 124 cm³/mol. The Labute approximate surface area is 199 Å². The summed E-state index contributed by atoms with van der Waals surface area (Å²) in [5, 5.41) is 17.1. The quantitative estimate of drug-likeness (QED) is 0.401. The van der Waals surface area contributed by atoms with Gasteiger partial charge in [-0.25, -0.2) is 0 Å². The minimum Gasteiger partial charge on any atom is -0.508 e. The molecule has 0 spiro atoms. The Morgan fingerprint density at radius 3 is 2.54 bits per heavy atom. The highest BCUT2D eigenvalue weighted by molar-refractivity contribution is 5.92. The van der Waals surface area contributed by atoms with E-state index in [1.807, 2.05) is 17.8 Å². The van der Waals surface area contributed by atoms with E-state index in [0.29, 0.717) is 11.3 Å². The van der Waals surface area contributed by atoms with E-state index < -0.39 is 17.8 Å². The third-order valence-corrected chi connectivity index (χ3v) is 5.95. The molecule has 7 nitrogen and oxygen atoms in total. The summed E-state index contributed by atoms with van der Waals surface area (Å²) in [6.45, 7) is 1.69. The second kappa shape index (κ2) is 9.36. The number of hydrogen-bond donors (Lipinski definition) is 2. The zero-order chi connectivity index (χ0) is 25.3. The summed E-state index contributed by atoms with van der Waals surface area (Å²) in [4.78, 5) is 12.9. The summed E-state index contributed by atoms with van der Waals surface area (Å²) in [6, 6.07) is 12.8. The van der Waals surface area contributed by atoms with Crippen molar-refractivity contribution in [2.45, 2.75) is 32.1 Å². The number of carbonyl (C=O) groups excluding carboxylic acids is 1. The smallest absolute Gasteiger partial charge is 0.435 e. The van der Waals surface area contributed by atoms with Gasteiger partial charge in [-0.15, -0.1) is 0 Å². The molecule has 0 saturated heterocycles. The van der Waals surface area contributed by atoms with Gasteiger partial charge in [-0.3, -0.25) is 9.48 Å². The third-order valence-electron chi connectivity index (χ3n) is 5.95. The molecule has 0 fully saturated rings. The van der Waals surface area contributed by atoms with Crippen molar-refractivity contribution in [1.82, 2.24) is 19.7 Å². The molecule has 0 radical (unpaired) electrons. The maximum atomic E-state index is 13.3. The highest BCUT2D eigenvalue weighted by atomic mass is 19.4. The summed E-state index contributed by atoms with van der Waals surface area (Å²) in [5.74, 6) is -0.236. The van der Waals surface area contributed by atoms with Crippen molar-refractivity contribution >= 4 is 16.8 Å². The average Bonchev–Trinajstić information content (AvgIpc) is 3.38. The molecule has 1 atom stereocenters. The van der Waals surface area contributed by atoms with Gasteiger partial charge in [-0.2, -0.15) is 18.3 Å². The van der Waals surface area contributed by atoms with Crippen LogP contribution < -0.4 is 10.1 Å². The van der Waals surface area contributed by atoms with Crippen molar-refractivity contribution in [2.24, 2.45) is 7.05 Å². The predicted octanol–water partition coefficient (Wildman–Crippen LogP) is 4.58. The van der Waals surface area contributed by atoms with Crippen LogP contribution in [0.15, 0.2) is 54.7 Å². The zero-order valence-electron chi connectivity index (χ0n) is 19.4. The van der Waals surface area contributed by atoms with Crippen LogP contribution in [0.5, 0.6) is 11.5 Å². The van der Waals surface area contributed by atoms with Crippen LogP contribution >= 0.6 is 0 Å². The molecule has 2 N–H and O–H groups in total. The molecular formula is C25H25F3N4O3. The largest absolute Gasteiger partial charge is 0.508 e. The highest BCUT2D eigenvalue weighted by Crippen LogP contribution is 2.31. The first-order valence-electron chi connectivity index (χ1n) is 10.9. The Hall–Kier alpha value is -3.95. The first-order valence-corrected chi connectivity index (χ1v) is 10.9. The molecule has 0 aliphatic rings. The van der Waals surface area contributed by atoms with Crippen LogP contribution in [0.1, 0.15) is 35.4 Å². The molecule has 10 heteroatoms. The minimum atomic E-state index is -4.61. The van der Waals surface area contributed by atoms with Gasteiger partial charge in [-0.1, -0.05) is 12.1 Å². The number of aryl methyl sites for hydroxylation is 1. The number of amides is 1. The number of phenols is 1. The molecular weight excluding hydrogens is 461 g/mol. The number of benzene rings is 2. The molecule has 0 bridgehead atoms. The molecule has 35 heavy (non-hydrogen) atoms. The summed E-state index contributed by atoms with van der Waals surface area (Å²) in [6.07, 6.45) is -2.80. The van der Waals surface area contributed by atoms with E-state index in [0.717, 1.165) is 22.5 Å². The number of carbonyl (C=O) groups is 1. The van der Waals surface area contributed by atoms with Crippen LogP contribution in [-0.4, -0.2) is 32.5 Å². The fourth-order valence-electron chi connectivity index (χ4n) is 4.00. The first kappa shape index (κ1) is 24.2. The maximum Gasteiger partial charge on any atom is 0.435 e. The number of ether oxygens (including phenoxy) is 1. The molecule has 2 heterocycles. The summed E-state index contributed by atoms with van der Waals surface area (Å²) < 4.78 is 48.3. The van der Waals surface area contributed by atoms with Gasteiger partial charge in [0.25, 0.3) is 0 Å². The van der Waals surface area contributed by atoms with E-state index in [9.17, 15) is 23.1 Å². The number of aromatic hydroxyl groups is 1. The third kappa shape index (κ3) is 5.11. The molecule has 1 unspecified atom stereocenters. The van der Waals surface area contributed by atoms with Gasteiger partial charge in [0.05, 0.1) is 31.8 Å². The second-order valence-corrected chi connectivity index (χ2v) is 8.36. The molecule has 184 valence electrons. The van der Waals surface area contributed by atoms with Crippen molar-refractivity contribution in [3.8, 4) is 11.5 Å². The van der Waals surface area contributed by atoms with Crippen molar-refractivity contribution in [3.63, 3.8) is 0 Å². The van der Waals surface area contributed by atoms with Crippen molar-refractivity contribution in [2.75, 3.05) is 7.11 Å². The SMILES string of the molecule is COc1ccc(Cn2nc(C(F)(F)F)cc2CNC(=O)C(C)c2cn(C)c3ccc(O)cc23)cc1. The van der Waals surface area contributed by atoms with Gasteiger partial charge in [0.15, 0.2) is 5.69 Å². The lowest BCUT2D eigenvalue weighted by molar-refractivity contribution is -0.141. The topological polar surface area (TPSA) is 81.3 Å². The van der Waals surface area contributed by atoms with Crippen LogP contribution in [0.2, 0.25) is 0 Å². The van der Waals surface area contributed by atoms with Gasteiger partial charge in [0, 0.05) is 24.1 Å². The number of halogens is 3. The molecule has 2 aromatic heterocycles. The summed E-state index contributed by atoms with van der Waals surface area (Å²) in [7, 11) is 3.37. The number of aromatic nitrogens is 3. The van der Waals surface area contributed by atoms with E-state index in [1.54, 1.807) is 49.4 Å². The lowest BCUT2D eigenvalue weighted by Gasteiger charge is -2.13. The van der Waals surface area contributed by atoms with Gasteiger partial charge < -0.3 is 19.7 Å². The summed E-state index contributed by atoms with van der Waals surface area (Å²) >= 11 is 0. The first-order chi connectivity index (χ1) is 16.6. The normalized spacial score (nSPS) is 12.6. The molecule has 2 aromatic carbocycles. The van der Waals surface area contributed by atoms with E-state index >= 15 is 0 Å². The fraction of sp³-hybridized carbons (Fsp3) is 0.280. The number of alkyl halides is 3. The lowest BCUT2D eigenvalue weighted by atomic mass is 9.99. The van der Waals surface area contributed by atoms with Gasteiger partial charge >= 0.3 is 6.18 Å². The standard InChI is InChI=1S/C25H25F3N4O3/c1-15(21-14-31(2)22-9-6-18(33)11-20(21)22)24(34)29-12-17-10-23(25(26,27)28)30-32(17)13-16-4-7-19(35-3)8-5-16/h4-11,14-15,33H,12-13H2,1-3H3,(H,29,34). The van der Waals surface area contributed by atoms with Gasteiger partial charge in [0.1, 0.15) is 11.5 Å². The average molecular weight is 486 g/mol. The number of hydrogen-bond acceptors (Lipinski definition) is 4. The number of nitrogens with one attached hydrogen (secondary N) is 1. The van der Waals surface area contributed by atoms with Gasteiger partial charge in [0.2, 0.25) is 5.91 Å². The van der Waals surface area contributed by atoms with Crippen LogP contribution in [0.25, 0.3) is 10.9 Å². The van der Waals surface area contributed by atoms with Crippen LogP contribution in [-0.2, 0) is 31.1 Å². The molecule has 0 saturated carbocycles. The van der Waals surface area contributed by atoms with Crippen molar-refractivity contribution in [1.29, 1.82) is 0 Å².